The molecule has 9 heteroatoms. The van der Waals surface area contributed by atoms with Crippen molar-refractivity contribution < 1.29 is 24.2 Å². The van der Waals surface area contributed by atoms with Crippen molar-refractivity contribution in [3.63, 3.8) is 0 Å². The van der Waals surface area contributed by atoms with E-state index in [1.54, 1.807) is 0 Å². The van der Waals surface area contributed by atoms with Gasteiger partial charge < -0.3 is 9.84 Å². The number of carboxylic acid groups (broad SMARTS) is 1. The Labute approximate surface area is 162 Å². The Morgan fingerprint density at radius 1 is 1.27 bits per heavy atom. The van der Waals surface area contributed by atoms with Crippen molar-refractivity contribution in [1.29, 1.82) is 0 Å². The van der Waals surface area contributed by atoms with Crippen LogP contribution < -0.4 is 5.43 Å². The SMILES string of the molecule is COCCC(=O)NN(C(=O)c1cc(Cl)ccc1Cl)[C@H](CC(C)C)C(=O)O. The molecule has 0 spiro atoms. The second-order valence-corrected chi connectivity index (χ2v) is 6.90. The number of nitrogens with one attached hydrogen (secondary N) is 1. The highest BCUT2D eigenvalue weighted by Gasteiger charge is 2.33. The van der Waals surface area contributed by atoms with E-state index < -0.39 is 23.8 Å². The van der Waals surface area contributed by atoms with Gasteiger partial charge in [-0.1, -0.05) is 37.0 Å². The zero-order valence-electron chi connectivity index (χ0n) is 14.8. The Bertz CT molecular complexity index is 667. The smallest absolute Gasteiger partial charge is 0.328 e. The van der Waals surface area contributed by atoms with Crippen molar-refractivity contribution in [2.24, 2.45) is 5.92 Å². The molecule has 0 heterocycles. The van der Waals surface area contributed by atoms with Gasteiger partial charge in [-0.05, 0) is 30.5 Å². The first kappa shape index (κ1) is 22.2. The first-order valence-corrected chi connectivity index (χ1v) is 8.72. The fourth-order valence-electron chi connectivity index (χ4n) is 2.21. The molecule has 0 aliphatic heterocycles. The van der Waals surface area contributed by atoms with E-state index in [0.717, 1.165) is 5.01 Å². The van der Waals surface area contributed by atoms with Gasteiger partial charge in [-0.15, -0.1) is 0 Å². The Balaban J connectivity index is 3.24. The number of amides is 2. The van der Waals surface area contributed by atoms with Gasteiger partial charge >= 0.3 is 5.97 Å². The molecule has 1 aromatic rings. The summed E-state index contributed by atoms with van der Waals surface area (Å²) in [6, 6.07) is 3.00. The van der Waals surface area contributed by atoms with Gasteiger partial charge in [-0.25, -0.2) is 9.80 Å². The Morgan fingerprint density at radius 2 is 1.92 bits per heavy atom. The molecule has 1 rings (SSSR count). The predicted molar refractivity (Wildman–Crippen MR) is 98.1 cm³/mol. The lowest BCUT2D eigenvalue weighted by Gasteiger charge is -2.30. The maximum absolute atomic E-state index is 12.9. The van der Waals surface area contributed by atoms with Gasteiger partial charge in [0.1, 0.15) is 0 Å². The zero-order chi connectivity index (χ0) is 19.9. The number of halogens is 2. The predicted octanol–water partition coefficient (Wildman–Crippen LogP) is 3.00. The van der Waals surface area contributed by atoms with Gasteiger partial charge in [0, 0.05) is 12.1 Å². The highest BCUT2D eigenvalue weighted by Crippen LogP contribution is 2.23. The lowest BCUT2D eigenvalue weighted by atomic mass is 10.0. The number of rotatable bonds is 8. The number of benzene rings is 1. The molecule has 0 bridgehead atoms. The molecule has 0 unspecified atom stereocenters. The minimum Gasteiger partial charge on any atom is -0.480 e. The maximum atomic E-state index is 12.9. The standard InChI is InChI=1S/C17H22Cl2N2O5/c1-10(2)8-14(17(24)25)21(20-15(22)6-7-26-3)16(23)12-9-11(18)4-5-13(12)19/h4-5,9-10,14H,6-8H2,1-3H3,(H,20,22)(H,24,25)/t14-/m1/s1. The second kappa shape index (κ2) is 10.4. The topological polar surface area (TPSA) is 95.9 Å². The molecule has 0 saturated carbocycles. The summed E-state index contributed by atoms with van der Waals surface area (Å²) in [5, 5.41) is 10.7. The number of carbonyl (C=O) groups is 3. The average molecular weight is 405 g/mol. The first-order chi connectivity index (χ1) is 12.2. The first-order valence-electron chi connectivity index (χ1n) is 7.97. The van der Waals surface area contributed by atoms with Gasteiger partial charge in [0.2, 0.25) is 5.91 Å². The molecule has 26 heavy (non-hydrogen) atoms. The number of carboxylic acids is 1. The van der Waals surface area contributed by atoms with Crippen molar-refractivity contribution in [2.75, 3.05) is 13.7 Å². The molecule has 0 radical (unpaired) electrons. The van der Waals surface area contributed by atoms with E-state index in [-0.39, 0.29) is 41.0 Å². The maximum Gasteiger partial charge on any atom is 0.328 e. The summed E-state index contributed by atoms with van der Waals surface area (Å²) in [5.74, 6) is -2.57. The van der Waals surface area contributed by atoms with Gasteiger partial charge in [0.05, 0.1) is 23.6 Å². The Morgan fingerprint density at radius 3 is 2.46 bits per heavy atom. The number of ether oxygens (including phenoxy) is 1. The third-order valence-corrected chi connectivity index (χ3v) is 4.01. The van der Waals surface area contributed by atoms with Crippen LogP contribution in [0.2, 0.25) is 10.0 Å². The molecule has 7 nitrogen and oxygen atoms in total. The molecule has 1 atom stereocenters. The third kappa shape index (κ3) is 6.48. The molecular weight excluding hydrogens is 383 g/mol. The molecule has 0 fully saturated rings. The number of hydrogen-bond donors (Lipinski definition) is 2. The number of nitrogens with zero attached hydrogens (tertiary/aromatic N) is 1. The van der Waals surface area contributed by atoms with Crippen LogP contribution in [0.1, 0.15) is 37.0 Å². The largest absolute Gasteiger partial charge is 0.480 e. The second-order valence-electron chi connectivity index (χ2n) is 6.06. The minimum absolute atomic E-state index is 0.00112. The van der Waals surface area contributed by atoms with Crippen molar-refractivity contribution in [3.05, 3.63) is 33.8 Å². The third-order valence-electron chi connectivity index (χ3n) is 3.45. The molecule has 0 aliphatic carbocycles. The van der Waals surface area contributed by atoms with Gasteiger partial charge in [-0.2, -0.15) is 0 Å². The summed E-state index contributed by atoms with van der Waals surface area (Å²) < 4.78 is 4.83. The van der Waals surface area contributed by atoms with Crippen molar-refractivity contribution >= 4 is 41.0 Å². The van der Waals surface area contributed by atoms with Crippen molar-refractivity contribution in [2.45, 2.75) is 32.7 Å². The van der Waals surface area contributed by atoms with Crippen LogP contribution in [0.4, 0.5) is 0 Å². The molecule has 144 valence electrons. The van der Waals surface area contributed by atoms with Crippen LogP contribution in [-0.4, -0.2) is 47.7 Å². The van der Waals surface area contributed by atoms with E-state index in [1.807, 2.05) is 13.8 Å². The van der Waals surface area contributed by atoms with Crippen LogP contribution >= 0.6 is 23.2 Å². The average Bonchev–Trinajstić information content (AvgIpc) is 2.57. The van der Waals surface area contributed by atoms with Crippen LogP contribution in [0.5, 0.6) is 0 Å². The van der Waals surface area contributed by atoms with Crippen LogP contribution in [0.15, 0.2) is 18.2 Å². The normalized spacial score (nSPS) is 11.9. The fourth-order valence-corrected chi connectivity index (χ4v) is 2.58. The van der Waals surface area contributed by atoms with Gasteiger partial charge in [0.25, 0.3) is 5.91 Å². The zero-order valence-corrected chi connectivity index (χ0v) is 16.3. The summed E-state index contributed by atoms with van der Waals surface area (Å²) in [5.41, 5.74) is 2.37. The number of hydrazine groups is 1. The summed E-state index contributed by atoms with van der Waals surface area (Å²) in [6.07, 6.45) is 0.112. The molecule has 2 N–H and O–H groups in total. The van der Waals surface area contributed by atoms with Crippen LogP contribution in [0.25, 0.3) is 0 Å². The lowest BCUT2D eigenvalue weighted by Crippen LogP contribution is -2.55. The minimum atomic E-state index is -1.26. The molecule has 0 saturated heterocycles. The van der Waals surface area contributed by atoms with Crippen LogP contribution in [0, 0.1) is 5.92 Å². The van der Waals surface area contributed by atoms with Crippen LogP contribution in [0.3, 0.4) is 0 Å². The highest BCUT2D eigenvalue weighted by molar-refractivity contribution is 6.35. The Hall–Kier alpha value is -1.83. The van der Waals surface area contributed by atoms with Crippen molar-refractivity contribution in [1.82, 2.24) is 10.4 Å². The molecule has 0 aliphatic rings. The number of hydrogen-bond acceptors (Lipinski definition) is 4. The Kier molecular flexibility index (Phi) is 8.84. The molecule has 1 aromatic carbocycles. The van der Waals surface area contributed by atoms with E-state index in [1.165, 1.54) is 25.3 Å². The lowest BCUT2D eigenvalue weighted by molar-refractivity contribution is -0.145. The molecule has 0 aromatic heterocycles. The summed E-state index contributed by atoms with van der Waals surface area (Å²) in [7, 11) is 1.43. The monoisotopic (exact) mass is 404 g/mol. The summed E-state index contributed by atoms with van der Waals surface area (Å²) >= 11 is 12.0. The van der Waals surface area contributed by atoms with E-state index in [0.29, 0.717) is 0 Å². The number of carbonyl (C=O) groups excluding carboxylic acids is 2. The number of methoxy groups -OCH3 is 1. The van der Waals surface area contributed by atoms with E-state index in [2.05, 4.69) is 5.43 Å². The van der Waals surface area contributed by atoms with E-state index in [9.17, 15) is 19.5 Å². The van der Waals surface area contributed by atoms with Gasteiger partial charge in [0.15, 0.2) is 6.04 Å². The van der Waals surface area contributed by atoms with Gasteiger partial charge in [-0.3, -0.25) is 15.0 Å². The van der Waals surface area contributed by atoms with E-state index >= 15 is 0 Å². The molecular formula is C17H22Cl2N2O5. The fraction of sp³-hybridized carbons (Fsp3) is 0.471. The van der Waals surface area contributed by atoms with E-state index in [4.69, 9.17) is 27.9 Å². The van der Waals surface area contributed by atoms with Crippen LogP contribution in [-0.2, 0) is 14.3 Å². The number of aliphatic carboxylic acids is 1. The highest BCUT2D eigenvalue weighted by atomic mass is 35.5. The van der Waals surface area contributed by atoms with Crippen molar-refractivity contribution in [3.8, 4) is 0 Å². The summed E-state index contributed by atoms with van der Waals surface area (Å²) in [4.78, 5) is 36.7. The quantitative estimate of drug-likeness (QED) is 0.649. The molecule has 2 amide bonds. The summed E-state index contributed by atoms with van der Waals surface area (Å²) in [6.45, 7) is 3.77.